The summed E-state index contributed by atoms with van der Waals surface area (Å²) in [6.45, 7) is 0. The van der Waals surface area contributed by atoms with Crippen LogP contribution in [0, 0.1) is 0 Å². The minimum atomic E-state index is -8.40. The van der Waals surface area contributed by atoms with Gasteiger partial charge in [-0.25, -0.2) is 0 Å². The average Bonchev–Trinajstić information content (AvgIpc) is 2.84. The highest BCUT2D eigenvalue weighted by Gasteiger charge is 2.95. The number of hydrogen-bond acceptors (Lipinski definition) is 0. The molecule has 0 aliphatic heterocycles. The van der Waals surface area contributed by atoms with Gasteiger partial charge in [-0.1, -0.05) is 24.3 Å². The summed E-state index contributed by atoms with van der Waals surface area (Å²) in [5.41, 5.74) is -2.13. The summed E-state index contributed by atoms with van der Waals surface area (Å²) in [6, 6.07) is 1.61. The van der Waals surface area contributed by atoms with Gasteiger partial charge in [0.2, 0.25) is 11.0 Å². The Balaban J connectivity index is 2.22. The predicted molar refractivity (Wildman–Crippen MR) is 107 cm³/mol. The quantitative estimate of drug-likeness (QED) is 0.127. The predicted octanol–water partition coefficient (Wildman–Crippen LogP) is 8.98. The second-order valence-corrected chi connectivity index (χ2v) is 8.83. The van der Waals surface area contributed by atoms with E-state index >= 15 is 8.78 Å². The van der Waals surface area contributed by atoms with Crippen molar-refractivity contribution in [2.24, 2.45) is 0 Å². The van der Waals surface area contributed by atoms with Gasteiger partial charge in [0.1, 0.15) is 0 Å². The van der Waals surface area contributed by atoms with Crippen molar-refractivity contribution in [2.75, 3.05) is 0 Å². The molecule has 0 unspecified atom stereocenters. The Morgan fingerprint density at radius 3 is 1.22 bits per heavy atom. The minimum absolute atomic E-state index is 0.405. The van der Waals surface area contributed by atoms with Crippen molar-refractivity contribution in [1.82, 2.24) is 0 Å². The van der Waals surface area contributed by atoms with E-state index in [-0.39, 0.29) is 0 Å². The van der Waals surface area contributed by atoms with Gasteiger partial charge in [0.05, 0.1) is 0 Å². The summed E-state index contributed by atoms with van der Waals surface area (Å²) in [4.78, 5) is 0. The molecule has 0 amide bonds. The number of alkyl halides is 17. The Morgan fingerprint density at radius 1 is 0.439 bits per heavy atom. The number of benzene rings is 2. The molecule has 0 N–H and O–H groups in total. The van der Waals surface area contributed by atoms with E-state index in [1.807, 2.05) is 0 Å². The maximum Gasteiger partial charge on any atom is 0.535 e. The van der Waals surface area contributed by atoms with Gasteiger partial charge in [0.15, 0.2) is 0 Å². The highest BCUT2D eigenvalue weighted by molar-refractivity contribution is 5.88. The molecule has 41 heavy (non-hydrogen) atoms. The lowest BCUT2D eigenvalue weighted by molar-refractivity contribution is -0.814. The zero-order chi connectivity index (χ0) is 31.7. The molecule has 2 aromatic carbocycles. The van der Waals surface area contributed by atoms with E-state index in [4.69, 9.17) is 0 Å². The van der Waals surface area contributed by atoms with E-state index in [2.05, 4.69) is 0 Å². The van der Waals surface area contributed by atoms with Crippen LogP contribution in [0.1, 0.15) is 12.8 Å². The normalized spacial score (nSPS) is 15.1. The van der Waals surface area contributed by atoms with Gasteiger partial charge in [-0.2, -0.15) is 65.9 Å². The van der Waals surface area contributed by atoms with Gasteiger partial charge in [-0.3, -0.25) is 0 Å². The third-order valence-corrected chi connectivity index (χ3v) is 6.08. The molecule has 0 spiro atoms. The van der Waals surface area contributed by atoms with E-state index in [0.717, 1.165) is 42.5 Å². The van der Waals surface area contributed by atoms with Gasteiger partial charge in [-0.05, 0) is 18.2 Å². The van der Waals surface area contributed by atoms with Crippen molar-refractivity contribution in [3.05, 3.63) is 54.6 Å². The number of rotatable bonds is 9. The largest absolute Gasteiger partial charge is 0.535 e. The van der Waals surface area contributed by atoms with Crippen molar-refractivity contribution >= 4 is 21.8 Å². The molecule has 0 atom stereocenters. The fourth-order valence-electron chi connectivity index (χ4n) is 3.83. The van der Waals surface area contributed by atoms with Gasteiger partial charge in [0.25, 0.3) is 0 Å². The first-order chi connectivity index (χ1) is 18.3. The van der Waals surface area contributed by atoms with Crippen LogP contribution < -0.4 is 4.57 Å². The third-order valence-electron chi connectivity index (χ3n) is 6.08. The van der Waals surface area contributed by atoms with Crippen LogP contribution in [-0.2, 0) is 6.05 Å². The van der Waals surface area contributed by atoms with Crippen molar-refractivity contribution in [2.45, 2.75) is 60.6 Å². The standard InChI is InChI=1S/C23H13F17N/c24-16(25,9-10-17(26,27)28)18(29,30)19(31,32)20(33,34)21(35,36)22(37,38)23(39,40)41-14-7-3-1-5-12(14)11-13-6-2-4-8-15(13)41/h1-8,11H,9-10H2/q+1. The van der Waals surface area contributed by atoms with Gasteiger partial charge in [0, 0.05) is 35.7 Å². The maximum atomic E-state index is 15.3. The summed E-state index contributed by atoms with van der Waals surface area (Å²) in [7, 11) is 0. The van der Waals surface area contributed by atoms with Crippen molar-refractivity contribution in [3.63, 3.8) is 0 Å². The SMILES string of the molecule is FC(F)(F)CCC(F)(F)C(F)(F)C(F)(F)C(F)(F)C(F)(F)C(F)(F)C(F)(F)[n+]1c2ccccc2cc2ccccc21. The molecule has 3 aromatic rings. The van der Waals surface area contributed by atoms with Crippen LogP contribution in [0.4, 0.5) is 74.6 Å². The first kappa shape index (κ1) is 32.4. The number of hydrogen-bond donors (Lipinski definition) is 0. The summed E-state index contributed by atoms with van der Waals surface area (Å²) >= 11 is 0. The van der Waals surface area contributed by atoms with E-state index in [1.54, 1.807) is 0 Å². The van der Waals surface area contributed by atoms with Crippen LogP contribution in [0.15, 0.2) is 54.6 Å². The van der Waals surface area contributed by atoms with Crippen LogP contribution >= 0.6 is 0 Å². The topological polar surface area (TPSA) is 3.88 Å². The van der Waals surface area contributed by atoms with Crippen LogP contribution in [0.25, 0.3) is 21.8 Å². The zero-order valence-electron chi connectivity index (χ0n) is 19.5. The molecule has 18 heteroatoms. The summed E-state index contributed by atoms with van der Waals surface area (Å²) in [5, 5.41) is -0.809. The maximum absolute atomic E-state index is 15.3. The molecular weight excluding hydrogens is 613 g/mol. The molecule has 0 saturated heterocycles. The Labute approximate surface area is 217 Å². The lowest BCUT2D eigenvalue weighted by atomic mass is 9.89. The van der Waals surface area contributed by atoms with Crippen LogP contribution in [0.3, 0.4) is 0 Å². The van der Waals surface area contributed by atoms with Crippen molar-refractivity contribution in [1.29, 1.82) is 0 Å². The van der Waals surface area contributed by atoms with Gasteiger partial charge < -0.3 is 0 Å². The smallest absolute Gasteiger partial charge is 0.200 e. The molecule has 3 rings (SSSR count). The third kappa shape index (κ3) is 4.70. The molecule has 0 saturated carbocycles. The van der Waals surface area contributed by atoms with Crippen LogP contribution in [0.5, 0.6) is 0 Å². The highest BCUT2D eigenvalue weighted by atomic mass is 19.4. The first-order valence-corrected chi connectivity index (χ1v) is 10.8. The number of halogens is 17. The zero-order valence-corrected chi connectivity index (χ0v) is 19.5. The first-order valence-electron chi connectivity index (χ1n) is 10.8. The lowest BCUT2D eigenvalue weighted by Crippen LogP contribution is -2.76. The van der Waals surface area contributed by atoms with Crippen molar-refractivity contribution < 1.29 is 79.2 Å². The minimum Gasteiger partial charge on any atom is -0.200 e. The summed E-state index contributed by atoms with van der Waals surface area (Å²) in [6.07, 6.45) is -12.2. The molecule has 0 aliphatic rings. The van der Waals surface area contributed by atoms with Crippen molar-refractivity contribution in [3.8, 4) is 0 Å². The molecular formula is C23H13F17N+. The molecule has 0 bridgehead atoms. The van der Waals surface area contributed by atoms with Gasteiger partial charge in [-0.15, -0.1) is 13.3 Å². The molecule has 1 heterocycles. The molecule has 1 aromatic heterocycles. The Bertz CT molecular complexity index is 1370. The molecule has 0 fully saturated rings. The lowest BCUT2D eigenvalue weighted by Gasteiger charge is -2.41. The van der Waals surface area contributed by atoms with E-state index in [0.29, 0.717) is 12.1 Å². The van der Waals surface area contributed by atoms with Gasteiger partial charge >= 0.3 is 47.8 Å². The molecule has 0 aliphatic carbocycles. The number of pyridine rings is 1. The Morgan fingerprint density at radius 2 is 0.805 bits per heavy atom. The number of para-hydroxylation sites is 2. The fourth-order valence-corrected chi connectivity index (χ4v) is 3.83. The molecule has 1 nitrogen and oxygen atoms in total. The van der Waals surface area contributed by atoms with E-state index < -0.39 is 87.0 Å². The second-order valence-electron chi connectivity index (χ2n) is 8.83. The number of aromatic nitrogens is 1. The molecule has 0 radical (unpaired) electrons. The van der Waals surface area contributed by atoms with Crippen LogP contribution in [0.2, 0.25) is 0 Å². The van der Waals surface area contributed by atoms with E-state index in [9.17, 15) is 65.9 Å². The summed E-state index contributed by atoms with van der Waals surface area (Å²) < 4.78 is 237. The fraction of sp³-hybridized carbons (Fsp3) is 0.435. The number of nitrogens with zero attached hydrogens (tertiary/aromatic N) is 1. The van der Waals surface area contributed by atoms with Crippen LogP contribution in [-0.4, -0.2) is 41.7 Å². The Kier molecular flexibility index (Phi) is 7.49. The van der Waals surface area contributed by atoms with E-state index in [1.165, 1.54) is 0 Å². The summed E-state index contributed by atoms with van der Waals surface area (Å²) in [5.74, 6) is -47.4. The molecule has 228 valence electrons. The highest BCUT2D eigenvalue weighted by Crippen LogP contribution is 2.63. The average molecular weight is 626 g/mol. The second kappa shape index (κ2) is 9.47. The Hall–Kier alpha value is -3.08. The monoisotopic (exact) mass is 626 g/mol. The number of fused-ring (bicyclic) bond motifs is 2.